The number of benzene rings is 1. The smallest absolute Gasteiger partial charge is 0.337 e. The maximum atomic E-state index is 13.7. The third-order valence-electron chi connectivity index (χ3n) is 3.20. The monoisotopic (exact) mass is 273 g/mol. The van der Waals surface area contributed by atoms with E-state index in [0.717, 1.165) is 25.9 Å². The van der Waals surface area contributed by atoms with E-state index in [1.807, 2.05) is 0 Å². The third-order valence-corrected chi connectivity index (χ3v) is 3.20. The molecule has 1 aliphatic rings. The van der Waals surface area contributed by atoms with Crippen molar-refractivity contribution in [3.05, 3.63) is 35.1 Å². The van der Waals surface area contributed by atoms with E-state index in [9.17, 15) is 9.18 Å². The quantitative estimate of drug-likeness (QED) is 0.842. The van der Waals surface area contributed by atoms with Gasteiger partial charge in [0, 0.05) is 0 Å². The van der Waals surface area contributed by atoms with E-state index in [2.05, 4.69) is 10.1 Å². The maximum absolute atomic E-state index is 13.7. The van der Waals surface area contributed by atoms with E-state index in [-0.39, 0.29) is 24.1 Å². The Balaban J connectivity index is 0.00000162. The van der Waals surface area contributed by atoms with E-state index in [0.29, 0.717) is 11.1 Å². The fourth-order valence-electron chi connectivity index (χ4n) is 2.23. The predicted octanol–water partition coefficient (Wildman–Crippen LogP) is 2.50. The molecule has 1 aromatic rings. The van der Waals surface area contributed by atoms with Crippen LogP contribution in [0.25, 0.3) is 0 Å². The summed E-state index contributed by atoms with van der Waals surface area (Å²) in [5.74, 6) is -0.453. The van der Waals surface area contributed by atoms with E-state index in [1.165, 1.54) is 19.2 Å². The maximum Gasteiger partial charge on any atom is 0.337 e. The van der Waals surface area contributed by atoms with Crippen molar-refractivity contribution >= 4 is 18.4 Å². The average molecular weight is 274 g/mol. The fraction of sp³-hybridized carbons (Fsp3) is 0.462. The SMILES string of the molecule is COC(=O)c1ccc(F)c(C2CCNCC2)c1.Cl. The van der Waals surface area contributed by atoms with Gasteiger partial charge in [-0.3, -0.25) is 0 Å². The first kappa shape index (κ1) is 14.9. The summed E-state index contributed by atoms with van der Waals surface area (Å²) in [5.41, 5.74) is 1.05. The standard InChI is InChI=1S/C13H16FNO2.ClH/c1-17-13(16)10-2-3-12(14)11(8-10)9-4-6-15-7-5-9;/h2-3,8-9,15H,4-7H2,1H3;1H. The zero-order valence-electron chi connectivity index (χ0n) is 10.2. The normalized spacial score (nSPS) is 15.9. The van der Waals surface area contributed by atoms with Crippen LogP contribution in [-0.2, 0) is 4.74 Å². The highest BCUT2D eigenvalue weighted by atomic mass is 35.5. The Morgan fingerprint density at radius 2 is 2.06 bits per heavy atom. The minimum Gasteiger partial charge on any atom is -0.465 e. The molecule has 0 aromatic heterocycles. The molecule has 18 heavy (non-hydrogen) atoms. The van der Waals surface area contributed by atoms with Crippen molar-refractivity contribution in [2.75, 3.05) is 20.2 Å². The van der Waals surface area contributed by atoms with Gasteiger partial charge in [0.25, 0.3) is 0 Å². The van der Waals surface area contributed by atoms with Gasteiger partial charge in [0.1, 0.15) is 5.82 Å². The third kappa shape index (κ3) is 3.21. The zero-order valence-corrected chi connectivity index (χ0v) is 11.1. The van der Waals surface area contributed by atoms with Crippen molar-refractivity contribution in [1.82, 2.24) is 5.32 Å². The minimum atomic E-state index is -0.416. The summed E-state index contributed by atoms with van der Waals surface area (Å²) in [6.07, 6.45) is 1.81. The molecule has 0 saturated carbocycles. The van der Waals surface area contributed by atoms with Crippen LogP contribution in [-0.4, -0.2) is 26.2 Å². The molecule has 3 nitrogen and oxygen atoms in total. The molecule has 1 aliphatic heterocycles. The van der Waals surface area contributed by atoms with Crippen LogP contribution in [0, 0.1) is 5.82 Å². The molecule has 0 amide bonds. The van der Waals surface area contributed by atoms with Crippen LogP contribution >= 0.6 is 12.4 Å². The molecule has 1 saturated heterocycles. The van der Waals surface area contributed by atoms with Crippen LogP contribution in [0.3, 0.4) is 0 Å². The molecular formula is C13H17ClFNO2. The molecule has 0 bridgehead atoms. The van der Waals surface area contributed by atoms with E-state index < -0.39 is 5.97 Å². The summed E-state index contributed by atoms with van der Waals surface area (Å²) >= 11 is 0. The number of ether oxygens (including phenoxy) is 1. The summed E-state index contributed by atoms with van der Waals surface area (Å²) in [6.45, 7) is 1.79. The van der Waals surface area contributed by atoms with Gasteiger partial charge in [-0.05, 0) is 55.6 Å². The molecule has 1 fully saturated rings. The zero-order chi connectivity index (χ0) is 12.3. The number of hydrogen-bond donors (Lipinski definition) is 1. The summed E-state index contributed by atoms with van der Waals surface area (Å²) in [7, 11) is 1.33. The van der Waals surface area contributed by atoms with Crippen molar-refractivity contribution in [2.24, 2.45) is 0 Å². The molecular weight excluding hydrogens is 257 g/mol. The highest BCUT2D eigenvalue weighted by Crippen LogP contribution is 2.28. The molecule has 0 spiro atoms. The number of piperidine rings is 1. The van der Waals surface area contributed by atoms with Crippen molar-refractivity contribution in [1.29, 1.82) is 0 Å². The van der Waals surface area contributed by atoms with Crippen molar-refractivity contribution < 1.29 is 13.9 Å². The van der Waals surface area contributed by atoms with Gasteiger partial charge in [-0.2, -0.15) is 0 Å². The van der Waals surface area contributed by atoms with Crippen LogP contribution in [0.1, 0.15) is 34.7 Å². The number of carbonyl (C=O) groups is 1. The number of methoxy groups -OCH3 is 1. The topological polar surface area (TPSA) is 38.3 Å². The Labute approximate surface area is 112 Å². The number of esters is 1. The number of halogens is 2. The van der Waals surface area contributed by atoms with Crippen LogP contribution < -0.4 is 5.32 Å². The van der Waals surface area contributed by atoms with Gasteiger partial charge in [0.2, 0.25) is 0 Å². The van der Waals surface area contributed by atoms with Crippen LogP contribution in [0.4, 0.5) is 4.39 Å². The molecule has 1 N–H and O–H groups in total. The molecule has 0 atom stereocenters. The first-order valence-electron chi connectivity index (χ1n) is 5.81. The molecule has 100 valence electrons. The summed E-state index contributed by atoms with van der Waals surface area (Å²) in [5, 5.41) is 3.24. The Kier molecular flexibility index (Phi) is 5.56. The molecule has 2 rings (SSSR count). The van der Waals surface area contributed by atoms with Crippen LogP contribution in [0.15, 0.2) is 18.2 Å². The highest BCUT2D eigenvalue weighted by molar-refractivity contribution is 5.89. The molecule has 1 heterocycles. The lowest BCUT2D eigenvalue weighted by molar-refractivity contribution is 0.0600. The van der Waals surface area contributed by atoms with E-state index in [4.69, 9.17) is 0 Å². The van der Waals surface area contributed by atoms with Gasteiger partial charge >= 0.3 is 5.97 Å². The highest BCUT2D eigenvalue weighted by Gasteiger charge is 2.20. The lowest BCUT2D eigenvalue weighted by Crippen LogP contribution is -2.27. The second-order valence-corrected chi connectivity index (χ2v) is 4.25. The van der Waals surface area contributed by atoms with Crippen molar-refractivity contribution in [3.8, 4) is 0 Å². The molecule has 0 radical (unpaired) electrons. The van der Waals surface area contributed by atoms with Gasteiger partial charge in [-0.1, -0.05) is 0 Å². The Hall–Kier alpha value is -1.13. The molecule has 0 unspecified atom stereocenters. The Bertz CT molecular complexity index is 419. The number of carbonyl (C=O) groups excluding carboxylic acids is 1. The summed E-state index contributed by atoms with van der Waals surface area (Å²) in [6, 6.07) is 4.44. The molecule has 5 heteroatoms. The molecule has 0 aliphatic carbocycles. The average Bonchev–Trinajstić information content (AvgIpc) is 2.39. The predicted molar refractivity (Wildman–Crippen MR) is 69.8 cm³/mol. The molecule has 1 aromatic carbocycles. The van der Waals surface area contributed by atoms with Crippen LogP contribution in [0.2, 0.25) is 0 Å². The number of nitrogens with one attached hydrogen (secondary N) is 1. The van der Waals surface area contributed by atoms with Gasteiger partial charge < -0.3 is 10.1 Å². The van der Waals surface area contributed by atoms with Crippen molar-refractivity contribution in [3.63, 3.8) is 0 Å². The van der Waals surface area contributed by atoms with Crippen molar-refractivity contribution in [2.45, 2.75) is 18.8 Å². The largest absolute Gasteiger partial charge is 0.465 e. The Morgan fingerprint density at radius 1 is 1.39 bits per heavy atom. The second-order valence-electron chi connectivity index (χ2n) is 4.25. The van der Waals surface area contributed by atoms with E-state index >= 15 is 0 Å². The number of rotatable bonds is 2. The Morgan fingerprint density at radius 3 is 2.67 bits per heavy atom. The van der Waals surface area contributed by atoms with Gasteiger partial charge in [0.15, 0.2) is 0 Å². The fourth-order valence-corrected chi connectivity index (χ4v) is 2.23. The lowest BCUT2D eigenvalue weighted by atomic mass is 9.89. The second kappa shape index (κ2) is 6.71. The van der Waals surface area contributed by atoms with Gasteiger partial charge in [0.05, 0.1) is 12.7 Å². The first-order valence-corrected chi connectivity index (χ1v) is 5.81. The van der Waals surface area contributed by atoms with E-state index in [1.54, 1.807) is 6.07 Å². The van der Waals surface area contributed by atoms with Gasteiger partial charge in [-0.25, -0.2) is 9.18 Å². The lowest BCUT2D eigenvalue weighted by Gasteiger charge is -2.23. The number of hydrogen-bond acceptors (Lipinski definition) is 3. The summed E-state index contributed by atoms with van der Waals surface area (Å²) < 4.78 is 18.4. The minimum absolute atomic E-state index is 0. The van der Waals surface area contributed by atoms with Crippen LogP contribution in [0.5, 0.6) is 0 Å². The van der Waals surface area contributed by atoms with Gasteiger partial charge in [-0.15, -0.1) is 12.4 Å². The summed E-state index contributed by atoms with van der Waals surface area (Å²) in [4.78, 5) is 11.4. The first-order chi connectivity index (χ1) is 8.22.